The minimum atomic E-state index is -0.698. The third kappa shape index (κ3) is 3.95. The second-order valence-corrected chi connectivity index (χ2v) is 4.59. The molecule has 1 atom stereocenters. The minimum Gasteiger partial charge on any atom is -0.393 e. The molecular weight excluding hydrogens is 180 g/mol. The number of aliphatic hydroxyl groups is 2. The first kappa shape index (κ1) is 12.0. The Hall–Kier alpha value is -0.120. The minimum absolute atomic E-state index is 0.137. The van der Waals surface area contributed by atoms with Gasteiger partial charge in [0.1, 0.15) is 0 Å². The van der Waals surface area contributed by atoms with Gasteiger partial charge in [0, 0.05) is 0 Å². The van der Waals surface area contributed by atoms with Gasteiger partial charge in [0.05, 0.1) is 24.4 Å². The highest BCUT2D eigenvalue weighted by Gasteiger charge is 2.24. The van der Waals surface area contributed by atoms with E-state index in [1.165, 1.54) is 0 Å². The Bertz CT molecular complexity index is 160. The van der Waals surface area contributed by atoms with Gasteiger partial charge in [-0.2, -0.15) is 0 Å². The van der Waals surface area contributed by atoms with Crippen molar-refractivity contribution < 1.29 is 14.9 Å². The highest BCUT2D eigenvalue weighted by molar-refractivity contribution is 4.74. The Morgan fingerprint density at radius 3 is 2.36 bits per heavy atom. The highest BCUT2D eigenvalue weighted by atomic mass is 16.5. The number of rotatable bonds is 4. The molecule has 0 aliphatic heterocycles. The summed E-state index contributed by atoms with van der Waals surface area (Å²) in [5, 5.41) is 19.0. The Kier molecular flexibility index (Phi) is 4.35. The summed E-state index contributed by atoms with van der Waals surface area (Å²) in [6, 6.07) is 0. The SMILES string of the molecule is CCC(C)(O)COC1CCC(O)CC1. The predicted octanol–water partition coefficient (Wildman–Crippen LogP) is 1.47. The van der Waals surface area contributed by atoms with Crippen LogP contribution in [0.25, 0.3) is 0 Å². The van der Waals surface area contributed by atoms with Crippen molar-refractivity contribution in [3.63, 3.8) is 0 Å². The monoisotopic (exact) mass is 202 g/mol. The molecule has 0 bridgehead atoms. The van der Waals surface area contributed by atoms with Crippen molar-refractivity contribution in [3.05, 3.63) is 0 Å². The van der Waals surface area contributed by atoms with E-state index in [0.29, 0.717) is 13.0 Å². The van der Waals surface area contributed by atoms with E-state index in [1.807, 2.05) is 6.92 Å². The Balaban J connectivity index is 2.19. The first-order valence-electron chi connectivity index (χ1n) is 5.55. The fourth-order valence-electron chi connectivity index (χ4n) is 1.61. The molecule has 14 heavy (non-hydrogen) atoms. The largest absolute Gasteiger partial charge is 0.393 e. The molecule has 1 aliphatic carbocycles. The van der Waals surface area contributed by atoms with Crippen LogP contribution in [0.15, 0.2) is 0 Å². The number of hydrogen-bond donors (Lipinski definition) is 2. The van der Waals surface area contributed by atoms with Gasteiger partial charge in [0.15, 0.2) is 0 Å². The lowest BCUT2D eigenvalue weighted by Gasteiger charge is -2.29. The molecular formula is C11H22O3. The molecule has 1 aliphatic rings. The molecule has 1 fully saturated rings. The molecule has 0 heterocycles. The highest BCUT2D eigenvalue weighted by Crippen LogP contribution is 2.22. The van der Waals surface area contributed by atoms with Crippen LogP contribution in [0.3, 0.4) is 0 Å². The second kappa shape index (κ2) is 5.10. The standard InChI is InChI=1S/C11H22O3/c1-3-11(2,13)8-14-10-6-4-9(12)5-7-10/h9-10,12-13H,3-8H2,1-2H3. The predicted molar refractivity (Wildman–Crippen MR) is 55.1 cm³/mol. The van der Waals surface area contributed by atoms with Gasteiger partial charge < -0.3 is 14.9 Å². The van der Waals surface area contributed by atoms with Crippen LogP contribution in [0, 0.1) is 0 Å². The zero-order valence-corrected chi connectivity index (χ0v) is 9.20. The lowest BCUT2D eigenvalue weighted by Crippen LogP contribution is -2.34. The van der Waals surface area contributed by atoms with Gasteiger partial charge >= 0.3 is 0 Å². The zero-order valence-electron chi connectivity index (χ0n) is 9.20. The maximum atomic E-state index is 9.73. The van der Waals surface area contributed by atoms with Gasteiger partial charge in [-0.1, -0.05) is 6.92 Å². The number of aliphatic hydroxyl groups excluding tert-OH is 1. The topological polar surface area (TPSA) is 49.7 Å². The Labute approximate surface area is 86.1 Å². The fourth-order valence-corrected chi connectivity index (χ4v) is 1.61. The molecule has 0 amide bonds. The third-order valence-electron chi connectivity index (χ3n) is 3.04. The van der Waals surface area contributed by atoms with Crippen molar-refractivity contribution in [1.82, 2.24) is 0 Å². The van der Waals surface area contributed by atoms with E-state index in [-0.39, 0.29) is 12.2 Å². The van der Waals surface area contributed by atoms with Crippen LogP contribution in [0.1, 0.15) is 46.0 Å². The first-order chi connectivity index (χ1) is 6.53. The summed E-state index contributed by atoms with van der Waals surface area (Å²) in [7, 11) is 0. The number of hydrogen-bond acceptors (Lipinski definition) is 3. The van der Waals surface area contributed by atoms with E-state index in [0.717, 1.165) is 25.7 Å². The van der Waals surface area contributed by atoms with Crippen LogP contribution < -0.4 is 0 Å². The van der Waals surface area contributed by atoms with Crippen molar-refractivity contribution in [2.75, 3.05) is 6.61 Å². The van der Waals surface area contributed by atoms with E-state index < -0.39 is 5.60 Å². The van der Waals surface area contributed by atoms with E-state index in [4.69, 9.17) is 4.74 Å². The molecule has 0 spiro atoms. The molecule has 0 saturated heterocycles. The molecule has 2 N–H and O–H groups in total. The maximum absolute atomic E-state index is 9.73. The fraction of sp³-hybridized carbons (Fsp3) is 1.00. The van der Waals surface area contributed by atoms with Crippen molar-refractivity contribution in [2.45, 2.75) is 63.8 Å². The Morgan fingerprint density at radius 2 is 1.86 bits per heavy atom. The molecule has 1 rings (SSSR count). The molecule has 0 aromatic carbocycles. The summed E-state index contributed by atoms with van der Waals surface area (Å²) >= 11 is 0. The molecule has 3 nitrogen and oxygen atoms in total. The Morgan fingerprint density at radius 1 is 1.29 bits per heavy atom. The second-order valence-electron chi connectivity index (χ2n) is 4.59. The lowest BCUT2D eigenvalue weighted by molar-refractivity contribution is -0.0809. The summed E-state index contributed by atoms with van der Waals surface area (Å²) in [5.41, 5.74) is -0.698. The normalized spacial score (nSPS) is 32.6. The average molecular weight is 202 g/mol. The first-order valence-corrected chi connectivity index (χ1v) is 5.55. The molecule has 3 heteroatoms. The van der Waals surface area contributed by atoms with Crippen LogP contribution in [-0.2, 0) is 4.74 Å². The van der Waals surface area contributed by atoms with Crippen LogP contribution >= 0.6 is 0 Å². The molecule has 1 saturated carbocycles. The summed E-state index contributed by atoms with van der Waals surface area (Å²) < 4.78 is 5.63. The summed E-state index contributed by atoms with van der Waals surface area (Å²) in [6.45, 7) is 4.16. The van der Waals surface area contributed by atoms with Crippen LogP contribution in [0.4, 0.5) is 0 Å². The maximum Gasteiger partial charge on any atom is 0.0849 e. The number of ether oxygens (including phenoxy) is 1. The van der Waals surface area contributed by atoms with E-state index >= 15 is 0 Å². The van der Waals surface area contributed by atoms with Crippen LogP contribution in [0.5, 0.6) is 0 Å². The van der Waals surface area contributed by atoms with Crippen LogP contribution in [-0.4, -0.2) is 34.6 Å². The molecule has 0 aromatic heterocycles. The lowest BCUT2D eigenvalue weighted by atomic mass is 9.95. The van der Waals surface area contributed by atoms with Crippen LogP contribution in [0.2, 0.25) is 0 Å². The van der Waals surface area contributed by atoms with Crippen molar-refractivity contribution >= 4 is 0 Å². The molecule has 0 aromatic rings. The molecule has 84 valence electrons. The van der Waals surface area contributed by atoms with E-state index in [1.54, 1.807) is 6.92 Å². The van der Waals surface area contributed by atoms with Crippen molar-refractivity contribution in [1.29, 1.82) is 0 Å². The summed E-state index contributed by atoms with van der Waals surface area (Å²) in [4.78, 5) is 0. The van der Waals surface area contributed by atoms with E-state index in [2.05, 4.69) is 0 Å². The molecule has 1 unspecified atom stereocenters. The molecule has 0 radical (unpaired) electrons. The summed E-state index contributed by atoms with van der Waals surface area (Å²) in [6.07, 6.45) is 4.31. The van der Waals surface area contributed by atoms with Gasteiger partial charge in [-0.25, -0.2) is 0 Å². The quantitative estimate of drug-likeness (QED) is 0.725. The summed E-state index contributed by atoms with van der Waals surface area (Å²) in [5.74, 6) is 0. The van der Waals surface area contributed by atoms with Gasteiger partial charge in [0.2, 0.25) is 0 Å². The van der Waals surface area contributed by atoms with Gasteiger partial charge in [-0.15, -0.1) is 0 Å². The zero-order chi connectivity index (χ0) is 10.6. The van der Waals surface area contributed by atoms with Gasteiger partial charge in [-0.3, -0.25) is 0 Å². The van der Waals surface area contributed by atoms with E-state index in [9.17, 15) is 10.2 Å². The average Bonchev–Trinajstić information content (AvgIpc) is 2.17. The van der Waals surface area contributed by atoms with Crippen molar-refractivity contribution in [3.8, 4) is 0 Å². The van der Waals surface area contributed by atoms with Gasteiger partial charge in [-0.05, 0) is 39.0 Å². The smallest absolute Gasteiger partial charge is 0.0849 e. The van der Waals surface area contributed by atoms with Crippen molar-refractivity contribution in [2.24, 2.45) is 0 Å². The van der Waals surface area contributed by atoms with Gasteiger partial charge in [0.25, 0.3) is 0 Å². The third-order valence-corrected chi connectivity index (χ3v) is 3.04.